The first-order chi connectivity index (χ1) is 1.73. The van der Waals surface area contributed by atoms with Crippen LogP contribution in [0, 0.1) is 0 Å². The van der Waals surface area contributed by atoms with Gasteiger partial charge in [-0.25, -0.2) is 0 Å². The van der Waals surface area contributed by atoms with E-state index in [0.717, 1.165) is 0 Å². The zero-order valence-electron chi connectivity index (χ0n) is 5.00. The van der Waals surface area contributed by atoms with E-state index < -0.39 is 13.5 Å². The molecule has 15 N–H and O–H groups in total. The molecule has 0 aliphatic carbocycles. The van der Waals surface area contributed by atoms with E-state index in [9.17, 15) is 0 Å². The molecule has 0 radical (unpaired) electrons. The predicted octanol–water partition coefficient (Wildman–Crippen LogP) is 2.88. The number of hydrogen-bond acceptors (Lipinski definition) is 5. The molecule has 0 atom stereocenters. The van der Waals surface area contributed by atoms with Gasteiger partial charge in [-0.1, -0.05) is 0 Å². The summed E-state index contributed by atoms with van der Waals surface area (Å²) in [7, 11) is 14.9. The molecule has 0 aromatic rings. The van der Waals surface area contributed by atoms with Crippen LogP contribution in [-0.2, 0) is 13.5 Å². The minimum atomic E-state index is -1.92. The maximum absolute atomic E-state index is 4.97. The van der Waals surface area contributed by atoms with Gasteiger partial charge in [0.1, 0.15) is 0 Å². The van der Waals surface area contributed by atoms with Crippen molar-refractivity contribution in [3.63, 3.8) is 0 Å². The van der Waals surface area contributed by atoms with Gasteiger partial charge in [0.05, 0.1) is 0 Å². The van der Waals surface area contributed by atoms with Crippen LogP contribution in [-0.4, -0.2) is 0 Å². The molecule has 9 heteroatoms. The molecule has 0 unspecified atom stereocenters. The van der Waals surface area contributed by atoms with Crippen molar-refractivity contribution < 1.29 is 13.5 Å². The standard InChI is InChI=1S/3ClH.Ir.5H3N/h3*1H;;5*1H3/q;;;+3;;;;;/p-3. The van der Waals surface area contributed by atoms with Crippen LogP contribution in [0.1, 0.15) is 0 Å². The van der Waals surface area contributed by atoms with Gasteiger partial charge in [-0.15, -0.1) is 0 Å². The van der Waals surface area contributed by atoms with Crippen LogP contribution in [0.15, 0.2) is 0 Å². The summed E-state index contributed by atoms with van der Waals surface area (Å²) in [6, 6.07) is 0. The quantitative estimate of drug-likeness (QED) is 0.431. The van der Waals surface area contributed by atoms with E-state index in [0.29, 0.717) is 0 Å². The Balaban J connectivity index is -0.00000000450. The first-order valence-corrected chi connectivity index (χ1v) is 9.28. The molecule has 0 bridgehead atoms. The van der Waals surface area contributed by atoms with E-state index in [-0.39, 0.29) is 30.8 Å². The molecule has 0 aliphatic heterocycles. The maximum atomic E-state index is 4.97. The first-order valence-electron chi connectivity index (χ1n) is 0.378. The molecular weight excluding hydrogens is 369 g/mol. The van der Waals surface area contributed by atoms with Crippen molar-refractivity contribution in [1.82, 2.24) is 30.8 Å². The molecular formula is H15Cl3IrN5. The van der Waals surface area contributed by atoms with E-state index in [4.69, 9.17) is 28.8 Å². The van der Waals surface area contributed by atoms with Gasteiger partial charge in [0.2, 0.25) is 0 Å². The van der Waals surface area contributed by atoms with Gasteiger partial charge >= 0.3 is 42.2 Å². The van der Waals surface area contributed by atoms with Gasteiger partial charge in [0.25, 0.3) is 0 Å². The Kier molecular flexibility index (Phi) is 185. The van der Waals surface area contributed by atoms with Crippen LogP contribution in [0.2, 0.25) is 0 Å². The Labute approximate surface area is 72.9 Å². The molecule has 0 amide bonds. The van der Waals surface area contributed by atoms with Crippen molar-refractivity contribution in [2.45, 2.75) is 0 Å². The third-order valence-corrected chi connectivity index (χ3v) is 0. The SMILES string of the molecule is N.N.N.N.N.[Cl][Ir]([Cl])[Cl]. The van der Waals surface area contributed by atoms with Gasteiger partial charge in [-0.3, -0.25) is 0 Å². The van der Waals surface area contributed by atoms with Crippen LogP contribution in [0.4, 0.5) is 0 Å². The summed E-state index contributed by atoms with van der Waals surface area (Å²) in [4.78, 5) is 0. The van der Waals surface area contributed by atoms with Crippen LogP contribution in [0.25, 0.3) is 0 Å². The summed E-state index contributed by atoms with van der Waals surface area (Å²) in [6.07, 6.45) is 0. The number of rotatable bonds is 0. The average molecular weight is 384 g/mol. The molecule has 0 fully saturated rings. The van der Waals surface area contributed by atoms with Crippen LogP contribution >= 0.6 is 28.8 Å². The molecule has 0 aromatic heterocycles. The zero-order chi connectivity index (χ0) is 3.58. The summed E-state index contributed by atoms with van der Waals surface area (Å²) < 4.78 is 0. The van der Waals surface area contributed by atoms with E-state index in [1.54, 1.807) is 0 Å². The second-order valence-electron chi connectivity index (χ2n) is 0.143. The van der Waals surface area contributed by atoms with Crippen LogP contribution in [0.3, 0.4) is 0 Å². The summed E-state index contributed by atoms with van der Waals surface area (Å²) in [5.74, 6) is 0. The van der Waals surface area contributed by atoms with Crippen molar-refractivity contribution in [2.24, 2.45) is 0 Å². The number of halogens is 3. The molecule has 5 nitrogen and oxygen atoms in total. The van der Waals surface area contributed by atoms with E-state index >= 15 is 0 Å². The van der Waals surface area contributed by atoms with E-state index in [2.05, 4.69) is 0 Å². The predicted molar refractivity (Wildman–Crippen MR) is 42.7 cm³/mol. The summed E-state index contributed by atoms with van der Waals surface area (Å²) in [6.45, 7) is 0. The van der Waals surface area contributed by atoms with Crippen LogP contribution < -0.4 is 30.8 Å². The second-order valence-corrected chi connectivity index (χ2v) is 10.5. The first kappa shape index (κ1) is 48.0. The number of hydrogen-bond donors (Lipinski definition) is 5. The summed E-state index contributed by atoms with van der Waals surface area (Å²) in [5, 5.41) is 0. The van der Waals surface area contributed by atoms with Gasteiger partial charge in [0.15, 0.2) is 0 Å². The Morgan fingerprint density at radius 2 is 0.556 bits per heavy atom. The third-order valence-electron chi connectivity index (χ3n) is 0. The van der Waals surface area contributed by atoms with Crippen molar-refractivity contribution in [3.8, 4) is 0 Å². The third kappa shape index (κ3) is 287. The molecule has 0 rings (SSSR count). The normalized spacial score (nSPS) is 5.00. The summed E-state index contributed by atoms with van der Waals surface area (Å²) >= 11 is -1.92. The monoisotopic (exact) mass is 383 g/mol. The Hall–Kier alpha value is 1.32. The average Bonchev–Trinajstić information content (AvgIpc) is 0.811. The van der Waals surface area contributed by atoms with Gasteiger partial charge in [-0.2, -0.15) is 0 Å². The second kappa shape index (κ2) is 34.6. The topological polar surface area (TPSA) is 175 Å². The molecule has 70 valence electrons. The Bertz CT molecular complexity index is 16.9. The van der Waals surface area contributed by atoms with Gasteiger partial charge < -0.3 is 30.8 Å². The molecule has 0 aromatic carbocycles. The van der Waals surface area contributed by atoms with Gasteiger partial charge in [0, 0.05) is 0 Å². The van der Waals surface area contributed by atoms with Crippen molar-refractivity contribution in [3.05, 3.63) is 0 Å². The molecule has 0 spiro atoms. The fraction of sp³-hybridized carbons (Fsp3) is 0. The van der Waals surface area contributed by atoms with E-state index in [1.807, 2.05) is 0 Å². The Morgan fingerprint density at radius 1 is 0.556 bits per heavy atom. The Morgan fingerprint density at radius 3 is 0.556 bits per heavy atom. The van der Waals surface area contributed by atoms with Crippen molar-refractivity contribution in [1.29, 1.82) is 0 Å². The molecule has 0 heterocycles. The summed E-state index contributed by atoms with van der Waals surface area (Å²) in [5.41, 5.74) is 0. The molecule has 9 heavy (non-hydrogen) atoms. The van der Waals surface area contributed by atoms with Crippen LogP contribution in [0.5, 0.6) is 0 Å². The molecule has 0 saturated heterocycles. The fourth-order valence-electron chi connectivity index (χ4n) is 0. The van der Waals surface area contributed by atoms with Crippen molar-refractivity contribution >= 4 is 28.8 Å². The van der Waals surface area contributed by atoms with E-state index in [1.165, 1.54) is 0 Å². The minimum absolute atomic E-state index is 0. The zero-order valence-corrected chi connectivity index (χ0v) is 9.67. The van der Waals surface area contributed by atoms with Crippen molar-refractivity contribution in [2.75, 3.05) is 0 Å². The molecule has 0 aliphatic rings. The fourth-order valence-corrected chi connectivity index (χ4v) is 0. The van der Waals surface area contributed by atoms with Gasteiger partial charge in [-0.05, 0) is 0 Å². The molecule has 0 saturated carbocycles.